The smallest absolute Gasteiger partial charge is 0.0469 e. The van der Waals surface area contributed by atoms with Crippen LogP contribution in [0, 0.1) is 11.8 Å². The molecule has 3 heteroatoms. The van der Waals surface area contributed by atoms with Crippen molar-refractivity contribution in [2.45, 2.75) is 25.3 Å². The molecule has 0 aromatic heterocycles. The Morgan fingerprint density at radius 3 is 2.80 bits per heavy atom. The van der Waals surface area contributed by atoms with E-state index >= 15 is 0 Å². The Bertz CT molecular complexity index is 204. The van der Waals surface area contributed by atoms with Crippen LogP contribution in [0.3, 0.4) is 0 Å². The van der Waals surface area contributed by atoms with Gasteiger partial charge in [-0.3, -0.25) is 0 Å². The van der Waals surface area contributed by atoms with Gasteiger partial charge < -0.3 is 15.0 Å². The lowest BCUT2D eigenvalue weighted by atomic mass is 10.00. The topological polar surface area (TPSA) is 24.5 Å². The lowest BCUT2D eigenvalue weighted by Gasteiger charge is -2.27. The van der Waals surface area contributed by atoms with Crippen LogP contribution in [0.2, 0.25) is 0 Å². The monoisotopic (exact) mass is 210 g/mol. The first-order valence-corrected chi connectivity index (χ1v) is 6.45. The summed E-state index contributed by atoms with van der Waals surface area (Å²) in [6.07, 6.45) is 3.95. The van der Waals surface area contributed by atoms with Crippen LogP contribution in [0.25, 0.3) is 0 Å². The number of likely N-dealkylation sites (tertiary alicyclic amines) is 1. The maximum absolute atomic E-state index is 5.41. The Hall–Kier alpha value is -0.120. The molecule has 0 unspecified atom stereocenters. The number of nitrogens with zero attached hydrogens (tertiary/aromatic N) is 1. The molecule has 3 fully saturated rings. The minimum Gasteiger partial charge on any atom is -0.381 e. The minimum atomic E-state index is 0.810. The fraction of sp³-hybridized carbons (Fsp3) is 1.00. The van der Waals surface area contributed by atoms with E-state index in [1.54, 1.807) is 0 Å². The quantitative estimate of drug-likeness (QED) is 0.726. The molecule has 86 valence electrons. The maximum atomic E-state index is 5.41. The van der Waals surface area contributed by atoms with Crippen molar-refractivity contribution < 1.29 is 4.74 Å². The van der Waals surface area contributed by atoms with Gasteiger partial charge in [0.25, 0.3) is 0 Å². The van der Waals surface area contributed by atoms with Gasteiger partial charge in [-0.15, -0.1) is 0 Å². The van der Waals surface area contributed by atoms with E-state index in [1.807, 2.05) is 0 Å². The highest BCUT2D eigenvalue weighted by Crippen LogP contribution is 2.26. The average Bonchev–Trinajstić information content (AvgIpc) is 2.79. The predicted octanol–water partition coefficient (Wildman–Crippen LogP) is 0.707. The van der Waals surface area contributed by atoms with Crippen molar-refractivity contribution >= 4 is 0 Å². The summed E-state index contributed by atoms with van der Waals surface area (Å²) in [5.74, 6) is 1.85. The van der Waals surface area contributed by atoms with Crippen LogP contribution in [0.5, 0.6) is 0 Å². The van der Waals surface area contributed by atoms with Gasteiger partial charge in [0.15, 0.2) is 0 Å². The lowest BCUT2D eigenvalue weighted by Crippen LogP contribution is -2.34. The molecule has 3 rings (SSSR count). The Balaban J connectivity index is 1.48. The van der Waals surface area contributed by atoms with Gasteiger partial charge in [0, 0.05) is 38.9 Å². The maximum Gasteiger partial charge on any atom is 0.0469 e. The lowest BCUT2D eigenvalue weighted by molar-refractivity contribution is 0.0547. The van der Waals surface area contributed by atoms with Crippen LogP contribution in [0.4, 0.5) is 0 Å². The van der Waals surface area contributed by atoms with Crippen LogP contribution in [-0.2, 0) is 4.74 Å². The summed E-state index contributed by atoms with van der Waals surface area (Å²) in [7, 11) is 0. The third-order valence-electron chi connectivity index (χ3n) is 4.30. The molecule has 0 aromatic rings. The molecule has 0 aromatic carbocycles. The van der Waals surface area contributed by atoms with Crippen LogP contribution < -0.4 is 5.32 Å². The van der Waals surface area contributed by atoms with E-state index in [4.69, 9.17) is 4.74 Å². The van der Waals surface area contributed by atoms with Crippen LogP contribution >= 0.6 is 0 Å². The number of fused-ring (bicyclic) bond motifs is 1. The normalized spacial score (nSPS) is 38.4. The average molecular weight is 210 g/mol. The van der Waals surface area contributed by atoms with Crippen molar-refractivity contribution in [3.05, 3.63) is 0 Å². The van der Waals surface area contributed by atoms with Crippen LogP contribution in [-0.4, -0.2) is 50.3 Å². The molecular formula is C12H22N2O. The third kappa shape index (κ3) is 2.19. The Morgan fingerprint density at radius 1 is 1.13 bits per heavy atom. The van der Waals surface area contributed by atoms with E-state index < -0.39 is 0 Å². The van der Waals surface area contributed by atoms with Crippen molar-refractivity contribution in [2.24, 2.45) is 11.8 Å². The van der Waals surface area contributed by atoms with Gasteiger partial charge in [-0.05, 0) is 37.6 Å². The molecule has 3 heterocycles. The molecule has 3 aliphatic rings. The summed E-state index contributed by atoms with van der Waals surface area (Å²) in [5, 5.41) is 3.62. The second-order valence-electron chi connectivity index (χ2n) is 5.38. The van der Waals surface area contributed by atoms with Crippen molar-refractivity contribution in [1.29, 1.82) is 0 Å². The number of hydrogen-bond acceptors (Lipinski definition) is 3. The van der Waals surface area contributed by atoms with Crippen molar-refractivity contribution in [3.63, 3.8) is 0 Å². The molecule has 0 aliphatic carbocycles. The highest BCUT2D eigenvalue weighted by atomic mass is 16.5. The van der Waals surface area contributed by atoms with Gasteiger partial charge in [-0.25, -0.2) is 0 Å². The minimum absolute atomic E-state index is 0.810. The van der Waals surface area contributed by atoms with E-state index in [0.717, 1.165) is 31.1 Å². The van der Waals surface area contributed by atoms with Gasteiger partial charge in [0.2, 0.25) is 0 Å². The zero-order valence-electron chi connectivity index (χ0n) is 9.45. The van der Waals surface area contributed by atoms with Crippen molar-refractivity contribution in [3.8, 4) is 0 Å². The van der Waals surface area contributed by atoms with Gasteiger partial charge in [-0.2, -0.15) is 0 Å². The number of hydrogen-bond donors (Lipinski definition) is 1. The first-order chi connectivity index (χ1) is 7.42. The fourth-order valence-electron chi connectivity index (χ4n) is 3.38. The van der Waals surface area contributed by atoms with Gasteiger partial charge in [0.05, 0.1) is 0 Å². The molecule has 15 heavy (non-hydrogen) atoms. The van der Waals surface area contributed by atoms with Crippen molar-refractivity contribution in [1.82, 2.24) is 10.2 Å². The second kappa shape index (κ2) is 4.40. The standard InChI is InChI=1S/C12H22N2O/c1-4-13-12-9-14(8-11(1)12)7-10-2-5-15-6-3-10/h10-13H,1-9H2/t11-,12+/m0/s1. The molecule has 0 spiro atoms. The molecule has 0 saturated carbocycles. The van der Waals surface area contributed by atoms with Gasteiger partial charge in [-0.1, -0.05) is 0 Å². The zero-order valence-corrected chi connectivity index (χ0v) is 9.45. The number of rotatable bonds is 2. The highest BCUT2D eigenvalue weighted by Gasteiger charge is 2.36. The van der Waals surface area contributed by atoms with E-state index in [1.165, 1.54) is 45.4 Å². The molecule has 0 radical (unpaired) electrons. The van der Waals surface area contributed by atoms with Gasteiger partial charge in [0.1, 0.15) is 0 Å². The number of nitrogens with one attached hydrogen (secondary N) is 1. The summed E-state index contributed by atoms with van der Waals surface area (Å²) in [6, 6.07) is 0.810. The van der Waals surface area contributed by atoms with E-state index in [2.05, 4.69) is 10.2 Å². The highest BCUT2D eigenvalue weighted by molar-refractivity contribution is 4.94. The summed E-state index contributed by atoms with van der Waals surface area (Å²) >= 11 is 0. The molecule has 0 bridgehead atoms. The summed E-state index contributed by atoms with van der Waals surface area (Å²) in [4.78, 5) is 2.68. The fourth-order valence-corrected chi connectivity index (χ4v) is 3.38. The van der Waals surface area contributed by atoms with E-state index in [-0.39, 0.29) is 0 Å². The SMILES string of the molecule is C1C[C@H]2CN(CC3CCOCC3)C[C@H]2N1. The second-order valence-corrected chi connectivity index (χ2v) is 5.38. The molecule has 1 N–H and O–H groups in total. The van der Waals surface area contributed by atoms with Crippen molar-refractivity contribution in [2.75, 3.05) is 39.4 Å². The first kappa shape index (κ1) is 10.1. The molecule has 2 atom stereocenters. The van der Waals surface area contributed by atoms with E-state index in [0.29, 0.717) is 0 Å². The summed E-state index contributed by atoms with van der Waals surface area (Å²) < 4.78 is 5.41. The molecule has 3 aliphatic heterocycles. The zero-order chi connectivity index (χ0) is 10.1. The Morgan fingerprint density at radius 2 is 2.00 bits per heavy atom. The van der Waals surface area contributed by atoms with Crippen LogP contribution in [0.15, 0.2) is 0 Å². The predicted molar refractivity (Wildman–Crippen MR) is 59.9 cm³/mol. The molecular weight excluding hydrogens is 188 g/mol. The third-order valence-corrected chi connectivity index (χ3v) is 4.30. The van der Waals surface area contributed by atoms with Gasteiger partial charge >= 0.3 is 0 Å². The molecule has 3 nitrogen and oxygen atoms in total. The summed E-state index contributed by atoms with van der Waals surface area (Å²) in [5.41, 5.74) is 0. The first-order valence-electron chi connectivity index (χ1n) is 6.45. The van der Waals surface area contributed by atoms with Crippen LogP contribution in [0.1, 0.15) is 19.3 Å². The Labute approximate surface area is 92.2 Å². The molecule has 0 amide bonds. The van der Waals surface area contributed by atoms with E-state index in [9.17, 15) is 0 Å². The summed E-state index contributed by atoms with van der Waals surface area (Å²) in [6.45, 7) is 7.18. The Kier molecular flexibility index (Phi) is 2.95. The number of ether oxygens (including phenoxy) is 1. The molecule has 3 saturated heterocycles. The largest absolute Gasteiger partial charge is 0.381 e.